The molecule has 0 radical (unpaired) electrons. The number of anilines is 3. The predicted octanol–water partition coefficient (Wildman–Crippen LogP) is 4.77. The molecule has 0 saturated carbocycles. The Bertz CT molecular complexity index is 1490. The lowest BCUT2D eigenvalue weighted by molar-refractivity contribution is -0.142. The lowest BCUT2D eigenvalue weighted by Crippen LogP contribution is -2.48. The number of nitrogens with one attached hydrogen (secondary N) is 1. The Kier molecular flexibility index (Phi) is 6.86. The van der Waals surface area contributed by atoms with Crippen LogP contribution in [0.15, 0.2) is 36.7 Å². The molecule has 0 spiro atoms. The first-order valence-electron chi connectivity index (χ1n) is 12.8. The summed E-state index contributed by atoms with van der Waals surface area (Å²) in [5.74, 6) is -0.210. The van der Waals surface area contributed by atoms with Gasteiger partial charge in [-0.25, -0.2) is 14.8 Å². The number of aromatic nitrogens is 4. The van der Waals surface area contributed by atoms with E-state index in [0.717, 1.165) is 12.3 Å². The first-order chi connectivity index (χ1) is 19.5. The molecule has 6 rings (SSSR count). The molecule has 3 aromatic rings. The second-order valence-electron chi connectivity index (χ2n) is 10.3. The van der Waals surface area contributed by atoms with Gasteiger partial charge in [0.2, 0.25) is 0 Å². The summed E-state index contributed by atoms with van der Waals surface area (Å²) in [5.41, 5.74) is -0.216. The molecule has 41 heavy (non-hydrogen) atoms. The molecule has 1 N–H and O–H groups in total. The minimum atomic E-state index is -4.64. The van der Waals surface area contributed by atoms with Gasteiger partial charge in [0.05, 0.1) is 29.1 Å². The van der Waals surface area contributed by atoms with Crippen LogP contribution in [-0.4, -0.2) is 70.2 Å². The third-order valence-corrected chi connectivity index (χ3v) is 7.20. The van der Waals surface area contributed by atoms with Crippen LogP contribution in [0, 0.1) is 0 Å². The quantitative estimate of drug-likeness (QED) is 0.448. The Morgan fingerprint density at radius 2 is 2.02 bits per heavy atom. The van der Waals surface area contributed by atoms with E-state index in [-0.39, 0.29) is 52.7 Å². The topological polar surface area (TPSA) is 115 Å². The molecule has 11 nitrogen and oxygen atoms in total. The minimum Gasteiger partial charge on any atom is -0.461 e. The van der Waals surface area contributed by atoms with E-state index < -0.39 is 23.7 Å². The second-order valence-corrected chi connectivity index (χ2v) is 10.7. The zero-order valence-corrected chi connectivity index (χ0v) is 22.7. The summed E-state index contributed by atoms with van der Waals surface area (Å²) in [6.07, 6.45) is -1.76. The maximum absolute atomic E-state index is 13.6. The Morgan fingerprint density at radius 1 is 1.22 bits per heavy atom. The van der Waals surface area contributed by atoms with Crippen LogP contribution in [0.25, 0.3) is 11.3 Å². The van der Waals surface area contributed by atoms with E-state index >= 15 is 0 Å². The Hall–Kier alpha value is -3.75. The van der Waals surface area contributed by atoms with Crippen LogP contribution < -0.4 is 19.9 Å². The van der Waals surface area contributed by atoms with E-state index in [4.69, 9.17) is 25.8 Å². The molecule has 3 aliphatic rings. The Labute approximate surface area is 237 Å². The highest BCUT2D eigenvalue weighted by atomic mass is 35.5. The highest BCUT2D eigenvalue weighted by molar-refractivity contribution is 6.33. The fourth-order valence-electron chi connectivity index (χ4n) is 5.08. The van der Waals surface area contributed by atoms with Gasteiger partial charge in [-0.2, -0.15) is 18.2 Å². The zero-order chi connectivity index (χ0) is 28.9. The molecule has 3 aromatic heterocycles. The van der Waals surface area contributed by atoms with E-state index in [2.05, 4.69) is 25.3 Å². The summed E-state index contributed by atoms with van der Waals surface area (Å²) < 4.78 is 56.8. The van der Waals surface area contributed by atoms with Gasteiger partial charge in [-0.1, -0.05) is 11.6 Å². The van der Waals surface area contributed by atoms with Gasteiger partial charge in [0.15, 0.2) is 11.6 Å². The molecule has 216 valence electrons. The van der Waals surface area contributed by atoms with E-state index in [0.29, 0.717) is 31.8 Å². The maximum atomic E-state index is 13.6. The van der Waals surface area contributed by atoms with Crippen LogP contribution in [0.1, 0.15) is 26.0 Å². The number of hydrogen-bond donors (Lipinski definition) is 1. The van der Waals surface area contributed by atoms with Crippen LogP contribution in [0.5, 0.6) is 6.01 Å². The van der Waals surface area contributed by atoms with Crippen molar-refractivity contribution in [1.82, 2.24) is 19.9 Å². The normalized spacial score (nSPS) is 21.1. The number of halogens is 4. The smallest absolute Gasteiger partial charge is 0.433 e. The van der Waals surface area contributed by atoms with Gasteiger partial charge in [0.1, 0.15) is 24.2 Å². The number of carbonyl (C=O) groups excluding carboxylic acids is 1. The molecule has 0 aromatic carbocycles. The van der Waals surface area contributed by atoms with Crippen LogP contribution in [0.4, 0.5) is 35.3 Å². The number of urea groups is 1. The molecule has 0 aliphatic carbocycles. The summed E-state index contributed by atoms with van der Waals surface area (Å²) in [7, 11) is 0. The monoisotopic (exact) mass is 591 g/mol. The fraction of sp³-hybridized carbons (Fsp3) is 0.423. The number of hydrogen-bond acceptors (Lipinski definition) is 9. The van der Waals surface area contributed by atoms with Crippen molar-refractivity contribution in [2.24, 2.45) is 0 Å². The summed E-state index contributed by atoms with van der Waals surface area (Å²) in [6.45, 7) is 5.38. The molecular weight excluding hydrogens is 567 g/mol. The first-order valence-corrected chi connectivity index (χ1v) is 13.2. The van der Waals surface area contributed by atoms with Crippen LogP contribution in [0.2, 0.25) is 5.02 Å². The van der Waals surface area contributed by atoms with Crippen LogP contribution in [0.3, 0.4) is 0 Å². The Morgan fingerprint density at radius 3 is 2.78 bits per heavy atom. The summed E-state index contributed by atoms with van der Waals surface area (Å²) >= 11 is 6.51. The number of ether oxygens (including phenoxy) is 3. The van der Waals surface area contributed by atoms with Crippen molar-refractivity contribution in [3.8, 4) is 17.3 Å². The van der Waals surface area contributed by atoms with E-state index in [1.807, 2.05) is 18.7 Å². The largest absolute Gasteiger partial charge is 0.461 e. The van der Waals surface area contributed by atoms with Gasteiger partial charge in [0, 0.05) is 31.0 Å². The van der Waals surface area contributed by atoms with Gasteiger partial charge in [-0.3, -0.25) is 15.2 Å². The van der Waals surface area contributed by atoms with Crippen LogP contribution >= 0.6 is 11.6 Å². The number of rotatable bonds is 5. The highest BCUT2D eigenvalue weighted by Gasteiger charge is 2.41. The average molecular weight is 592 g/mol. The van der Waals surface area contributed by atoms with E-state index in [9.17, 15) is 18.0 Å². The number of amides is 2. The first kappa shape index (κ1) is 27.4. The number of pyridine rings is 2. The average Bonchev–Trinajstić information content (AvgIpc) is 3.50. The van der Waals surface area contributed by atoms with Crippen molar-refractivity contribution in [2.75, 3.05) is 41.4 Å². The molecule has 6 heterocycles. The molecule has 3 aliphatic heterocycles. The van der Waals surface area contributed by atoms with Gasteiger partial charge in [-0.05, 0) is 44.5 Å². The lowest BCUT2D eigenvalue weighted by atomic mass is 10.1. The molecule has 2 fully saturated rings. The number of carbonyl (C=O) groups is 1. The second kappa shape index (κ2) is 10.3. The number of alkyl halides is 3. The van der Waals surface area contributed by atoms with Crippen LogP contribution in [-0.2, 0) is 15.7 Å². The molecule has 15 heteroatoms. The van der Waals surface area contributed by atoms with Gasteiger partial charge in [0.25, 0.3) is 0 Å². The summed E-state index contributed by atoms with van der Waals surface area (Å²) in [6, 6.07) is 4.74. The van der Waals surface area contributed by atoms with Gasteiger partial charge >= 0.3 is 18.2 Å². The molecule has 2 bridgehead atoms. The van der Waals surface area contributed by atoms with Crippen molar-refractivity contribution in [3.63, 3.8) is 0 Å². The van der Waals surface area contributed by atoms with Crippen molar-refractivity contribution in [2.45, 2.75) is 44.4 Å². The minimum absolute atomic E-state index is 0.0486. The van der Waals surface area contributed by atoms with Gasteiger partial charge < -0.3 is 19.1 Å². The van der Waals surface area contributed by atoms with Crippen molar-refractivity contribution >= 4 is 35.0 Å². The predicted molar refractivity (Wildman–Crippen MR) is 142 cm³/mol. The van der Waals surface area contributed by atoms with Gasteiger partial charge in [-0.15, -0.1) is 0 Å². The zero-order valence-electron chi connectivity index (χ0n) is 22.0. The molecular formula is C26H25ClF3N7O4. The van der Waals surface area contributed by atoms with Crippen molar-refractivity contribution in [1.29, 1.82) is 0 Å². The third-order valence-electron chi connectivity index (χ3n) is 6.91. The fourth-order valence-corrected chi connectivity index (χ4v) is 5.34. The Balaban J connectivity index is 1.25. The molecule has 1 unspecified atom stereocenters. The lowest BCUT2D eigenvalue weighted by Gasteiger charge is -2.36. The molecule has 2 atom stereocenters. The summed E-state index contributed by atoms with van der Waals surface area (Å²) in [4.78, 5) is 33.6. The number of nitrogens with zero attached hydrogens (tertiary/aromatic N) is 6. The molecule has 2 amide bonds. The summed E-state index contributed by atoms with van der Waals surface area (Å²) in [5, 5.41) is 2.93. The van der Waals surface area contributed by atoms with E-state index in [1.165, 1.54) is 23.2 Å². The SMILES string of the molecule is CC1(C)OC[C@@H](COc2nccc(NC(=O)N3c4nc(-c5ccnc(C(F)(F)F)c5)c(Cl)cc4N4CCC3C4)n2)O1. The third kappa shape index (κ3) is 5.59. The van der Waals surface area contributed by atoms with Crippen molar-refractivity contribution in [3.05, 3.63) is 47.4 Å². The van der Waals surface area contributed by atoms with E-state index in [1.54, 1.807) is 6.07 Å². The van der Waals surface area contributed by atoms with Crippen molar-refractivity contribution < 1.29 is 32.2 Å². The standard InChI is InChI=1S/C26H25ClF3N7O4/c1-25(2)40-13-16(41-25)12-39-23-32-7-4-20(33-23)34-24(38)37-15-5-8-36(11-15)18-10-17(27)21(35-22(18)37)14-3-6-31-19(9-14)26(28,29)30/h3-4,6-7,9-10,15-16H,5,8,11-13H2,1-2H3,(H,32,33,34,38)/t15?,16-/m1/s1. The maximum Gasteiger partial charge on any atom is 0.433 e. The number of fused-ring (bicyclic) bond motifs is 4. The highest BCUT2D eigenvalue weighted by Crippen LogP contribution is 2.43. The molecule has 2 saturated heterocycles.